The number of rotatable bonds is 9. The molecule has 44 heavy (non-hydrogen) atoms. The van der Waals surface area contributed by atoms with Gasteiger partial charge in [0.1, 0.15) is 0 Å². The van der Waals surface area contributed by atoms with E-state index < -0.39 is 34.1 Å². The maximum absolute atomic E-state index is 12.7. The molecule has 1 spiro atoms. The third kappa shape index (κ3) is 3.89. The standard InChI is InChI=1S/C38H64O6/c1-7-9-10-11-14-35-21-20-34(6)26(33(35,5)19-18-31(3)16-17-32(4,30(41)42)22-28(31)35)13-15-36-25-44-38(43,27(36)12-8-2)23-29(40)37(34,36)24-39/h26-29,39-40,43H,7-25H2,1-6H3,(H,41,42). The number of aliphatic hydroxyl groups excluding tert-OH is 2. The van der Waals surface area contributed by atoms with Crippen LogP contribution in [-0.2, 0) is 9.53 Å². The Hall–Kier alpha value is -0.690. The van der Waals surface area contributed by atoms with Gasteiger partial charge in [-0.2, -0.15) is 0 Å². The summed E-state index contributed by atoms with van der Waals surface area (Å²) in [7, 11) is 0. The summed E-state index contributed by atoms with van der Waals surface area (Å²) < 4.78 is 6.30. The van der Waals surface area contributed by atoms with Crippen molar-refractivity contribution in [1.29, 1.82) is 0 Å². The summed E-state index contributed by atoms with van der Waals surface area (Å²) in [6.45, 7) is 14.3. The average Bonchev–Trinajstić information content (AvgIpc) is 3.18. The number of carboxylic acid groups (broad SMARTS) is 1. The van der Waals surface area contributed by atoms with Crippen molar-refractivity contribution in [2.24, 2.45) is 55.7 Å². The lowest BCUT2D eigenvalue weighted by molar-refractivity contribution is -0.337. The molecule has 6 fully saturated rings. The van der Waals surface area contributed by atoms with Gasteiger partial charge in [-0.3, -0.25) is 4.79 Å². The van der Waals surface area contributed by atoms with Gasteiger partial charge in [0.15, 0.2) is 5.79 Å². The third-order valence-electron chi connectivity index (χ3n) is 16.8. The second-order valence-corrected chi connectivity index (χ2v) is 18.1. The second kappa shape index (κ2) is 10.7. The summed E-state index contributed by atoms with van der Waals surface area (Å²) in [5.41, 5.74) is -1.96. The molecule has 252 valence electrons. The normalized spacial score (nSPS) is 54.6. The van der Waals surface area contributed by atoms with Gasteiger partial charge in [-0.25, -0.2) is 0 Å². The summed E-state index contributed by atoms with van der Waals surface area (Å²) >= 11 is 0. The van der Waals surface area contributed by atoms with E-state index in [-0.39, 0.29) is 40.6 Å². The SMILES string of the molecule is CCCCCCC12CCC3(C)C(CCC45COC(O)(CC(O)C34CO)C5CCC)C1(C)CCC1(C)CCC(C)(C(=O)O)CC12. The van der Waals surface area contributed by atoms with Gasteiger partial charge in [0, 0.05) is 23.2 Å². The van der Waals surface area contributed by atoms with Crippen molar-refractivity contribution in [1.82, 2.24) is 0 Å². The van der Waals surface area contributed by atoms with Crippen LogP contribution in [0, 0.1) is 55.7 Å². The number of carbonyl (C=O) groups is 1. The van der Waals surface area contributed by atoms with E-state index in [1.807, 2.05) is 6.92 Å². The van der Waals surface area contributed by atoms with E-state index in [4.69, 9.17) is 4.74 Å². The van der Waals surface area contributed by atoms with Crippen LogP contribution >= 0.6 is 0 Å². The molecule has 6 rings (SSSR count). The lowest BCUT2D eigenvalue weighted by atomic mass is 9.26. The fourth-order valence-corrected chi connectivity index (χ4v) is 14.4. The molecule has 12 atom stereocenters. The molecule has 2 bridgehead atoms. The van der Waals surface area contributed by atoms with Crippen LogP contribution in [0.2, 0.25) is 0 Å². The molecule has 1 saturated heterocycles. The highest BCUT2D eigenvalue weighted by Gasteiger charge is 2.82. The molecular weight excluding hydrogens is 552 g/mol. The highest BCUT2D eigenvalue weighted by molar-refractivity contribution is 5.74. The third-order valence-corrected chi connectivity index (χ3v) is 16.8. The smallest absolute Gasteiger partial charge is 0.309 e. The van der Waals surface area contributed by atoms with Gasteiger partial charge in [0.05, 0.1) is 24.7 Å². The monoisotopic (exact) mass is 616 g/mol. The largest absolute Gasteiger partial charge is 0.481 e. The molecule has 0 amide bonds. The molecule has 6 aliphatic rings. The number of unbranched alkanes of at least 4 members (excludes halogenated alkanes) is 3. The van der Waals surface area contributed by atoms with E-state index in [0.717, 1.165) is 77.0 Å². The summed E-state index contributed by atoms with van der Waals surface area (Å²) in [6, 6.07) is 0. The van der Waals surface area contributed by atoms with Crippen molar-refractivity contribution in [2.75, 3.05) is 13.2 Å². The van der Waals surface area contributed by atoms with E-state index >= 15 is 0 Å². The van der Waals surface area contributed by atoms with Crippen LogP contribution in [0.4, 0.5) is 0 Å². The fourth-order valence-electron chi connectivity index (χ4n) is 14.4. The van der Waals surface area contributed by atoms with E-state index in [2.05, 4.69) is 34.6 Å². The minimum absolute atomic E-state index is 0.00981. The van der Waals surface area contributed by atoms with Crippen LogP contribution in [0.1, 0.15) is 151 Å². The first kappa shape index (κ1) is 33.2. The molecule has 6 nitrogen and oxygen atoms in total. The van der Waals surface area contributed by atoms with Gasteiger partial charge in [-0.15, -0.1) is 0 Å². The van der Waals surface area contributed by atoms with Gasteiger partial charge >= 0.3 is 5.97 Å². The Morgan fingerprint density at radius 1 is 0.841 bits per heavy atom. The van der Waals surface area contributed by atoms with E-state index in [1.165, 1.54) is 25.7 Å². The van der Waals surface area contributed by atoms with Crippen molar-refractivity contribution in [3.8, 4) is 0 Å². The first-order valence-corrected chi connectivity index (χ1v) is 18.5. The second-order valence-electron chi connectivity index (χ2n) is 18.1. The van der Waals surface area contributed by atoms with Crippen molar-refractivity contribution < 1.29 is 30.0 Å². The number of aliphatic carboxylic acids is 1. The van der Waals surface area contributed by atoms with Crippen LogP contribution < -0.4 is 0 Å². The molecule has 5 aliphatic carbocycles. The molecule has 4 N–H and O–H groups in total. The molecule has 1 heterocycles. The Balaban J connectivity index is 1.48. The number of hydrogen-bond donors (Lipinski definition) is 4. The highest BCUT2D eigenvalue weighted by Crippen LogP contribution is 2.83. The van der Waals surface area contributed by atoms with Gasteiger partial charge < -0.3 is 25.2 Å². The topological polar surface area (TPSA) is 107 Å². The molecule has 0 radical (unpaired) electrons. The number of ether oxygens (including phenoxy) is 1. The predicted octanol–water partition coefficient (Wildman–Crippen LogP) is 7.72. The number of carboxylic acids is 1. The molecule has 12 unspecified atom stereocenters. The molecule has 0 aromatic heterocycles. The zero-order valence-electron chi connectivity index (χ0n) is 28.8. The molecule has 1 aliphatic heterocycles. The Kier molecular flexibility index (Phi) is 8.05. The molecule has 5 saturated carbocycles. The summed E-state index contributed by atoms with van der Waals surface area (Å²) in [6.07, 6.45) is 15.8. The summed E-state index contributed by atoms with van der Waals surface area (Å²) in [4.78, 5) is 12.7. The lowest BCUT2D eigenvalue weighted by Crippen LogP contribution is -2.76. The zero-order valence-corrected chi connectivity index (χ0v) is 28.8. The van der Waals surface area contributed by atoms with Gasteiger partial charge in [-0.1, -0.05) is 66.7 Å². The maximum Gasteiger partial charge on any atom is 0.309 e. The van der Waals surface area contributed by atoms with Crippen molar-refractivity contribution >= 4 is 5.97 Å². The number of hydrogen-bond acceptors (Lipinski definition) is 5. The maximum atomic E-state index is 12.7. The van der Waals surface area contributed by atoms with Crippen molar-refractivity contribution in [2.45, 2.75) is 163 Å². The molecule has 6 heteroatoms. The molecule has 0 aromatic rings. The van der Waals surface area contributed by atoms with Crippen LogP contribution in [0.25, 0.3) is 0 Å². The fraction of sp³-hybridized carbons (Fsp3) is 0.974. The minimum atomic E-state index is -1.31. The first-order valence-electron chi connectivity index (χ1n) is 18.5. The lowest BCUT2D eigenvalue weighted by Gasteiger charge is -2.78. The summed E-state index contributed by atoms with van der Waals surface area (Å²) in [5.74, 6) is -1.34. The summed E-state index contributed by atoms with van der Waals surface area (Å²) in [5, 5.41) is 46.1. The van der Waals surface area contributed by atoms with Gasteiger partial charge in [0.2, 0.25) is 0 Å². The van der Waals surface area contributed by atoms with Gasteiger partial charge in [-0.05, 0) is 111 Å². The minimum Gasteiger partial charge on any atom is -0.481 e. The predicted molar refractivity (Wildman–Crippen MR) is 172 cm³/mol. The van der Waals surface area contributed by atoms with Crippen LogP contribution in [0.15, 0.2) is 0 Å². The zero-order chi connectivity index (χ0) is 32.0. The first-order chi connectivity index (χ1) is 20.6. The van der Waals surface area contributed by atoms with E-state index in [1.54, 1.807) is 0 Å². The van der Waals surface area contributed by atoms with Crippen LogP contribution in [0.5, 0.6) is 0 Å². The number of fused-ring (bicyclic) bond motifs is 7. The Bertz CT molecular complexity index is 1130. The van der Waals surface area contributed by atoms with Gasteiger partial charge in [0.25, 0.3) is 0 Å². The van der Waals surface area contributed by atoms with Crippen molar-refractivity contribution in [3.63, 3.8) is 0 Å². The van der Waals surface area contributed by atoms with Crippen LogP contribution in [-0.4, -0.2) is 51.5 Å². The quantitative estimate of drug-likeness (QED) is 0.198. The van der Waals surface area contributed by atoms with Crippen LogP contribution in [0.3, 0.4) is 0 Å². The molecular formula is C38H64O6. The van der Waals surface area contributed by atoms with Crippen molar-refractivity contribution in [3.05, 3.63) is 0 Å². The average molecular weight is 617 g/mol. The Morgan fingerprint density at radius 2 is 1.55 bits per heavy atom. The Labute approximate surface area is 267 Å². The number of aliphatic hydroxyl groups is 3. The van der Waals surface area contributed by atoms with E-state index in [9.17, 15) is 25.2 Å². The highest BCUT2D eigenvalue weighted by atomic mass is 16.6. The Morgan fingerprint density at radius 3 is 2.20 bits per heavy atom. The van der Waals surface area contributed by atoms with E-state index in [0.29, 0.717) is 18.4 Å². The molecule has 0 aromatic carbocycles.